The second kappa shape index (κ2) is 9.93. The molecule has 0 radical (unpaired) electrons. The summed E-state index contributed by atoms with van der Waals surface area (Å²) in [5.41, 5.74) is 1.31. The largest absolute Gasteiger partial charge is 0.486 e. The Bertz CT molecular complexity index is 1020. The molecule has 0 bridgehead atoms. The molecule has 3 rings (SSSR count). The van der Waals surface area contributed by atoms with Crippen LogP contribution in [0.5, 0.6) is 5.75 Å². The first-order chi connectivity index (χ1) is 14.4. The number of rotatable bonds is 8. The van der Waals surface area contributed by atoms with Crippen molar-refractivity contribution in [2.24, 2.45) is 0 Å². The minimum Gasteiger partial charge on any atom is -0.486 e. The van der Waals surface area contributed by atoms with E-state index >= 15 is 0 Å². The van der Waals surface area contributed by atoms with Crippen LogP contribution in [-0.2, 0) is 6.61 Å². The van der Waals surface area contributed by atoms with Crippen LogP contribution in [0.2, 0.25) is 5.02 Å². The maximum absolute atomic E-state index is 12.3. The monoisotopic (exact) mass is 427 g/mol. The molecule has 0 spiro atoms. The third-order valence-corrected chi connectivity index (χ3v) is 4.60. The van der Waals surface area contributed by atoms with Crippen molar-refractivity contribution in [2.45, 2.75) is 32.9 Å². The highest BCUT2D eigenvalue weighted by molar-refractivity contribution is 6.31. The summed E-state index contributed by atoms with van der Waals surface area (Å²) >= 11 is 5.91. The molecule has 0 aliphatic carbocycles. The lowest BCUT2D eigenvalue weighted by Crippen LogP contribution is -2.32. The molecule has 1 heterocycles. The quantitative estimate of drug-likeness (QED) is 0.544. The Morgan fingerprint density at radius 3 is 2.60 bits per heavy atom. The van der Waals surface area contributed by atoms with Gasteiger partial charge in [-0.1, -0.05) is 29.7 Å². The van der Waals surface area contributed by atoms with Gasteiger partial charge in [-0.25, -0.2) is 0 Å². The highest BCUT2D eigenvalue weighted by Gasteiger charge is 2.14. The summed E-state index contributed by atoms with van der Waals surface area (Å²) < 4.78 is 10.8. The van der Waals surface area contributed by atoms with Crippen LogP contribution in [0.4, 0.5) is 5.69 Å². The van der Waals surface area contributed by atoms with E-state index in [-0.39, 0.29) is 30.2 Å². The zero-order valence-electron chi connectivity index (χ0n) is 16.6. The van der Waals surface area contributed by atoms with Crippen LogP contribution >= 0.6 is 11.6 Å². The van der Waals surface area contributed by atoms with Crippen LogP contribution in [0.25, 0.3) is 0 Å². The topological polar surface area (TPSA) is 93.5 Å². The van der Waals surface area contributed by atoms with Crippen molar-refractivity contribution < 1.29 is 18.8 Å². The van der Waals surface area contributed by atoms with Gasteiger partial charge >= 0.3 is 0 Å². The number of nitrogens with one attached hydrogen (secondary N) is 2. The highest BCUT2D eigenvalue weighted by Crippen LogP contribution is 2.19. The molecule has 0 fully saturated rings. The Labute approximate surface area is 179 Å². The minimum absolute atomic E-state index is 0.0618. The second-order valence-electron chi connectivity index (χ2n) is 6.74. The van der Waals surface area contributed by atoms with Gasteiger partial charge in [0.15, 0.2) is 11.5 Å². The molecule has 1 unspecified atom stereocenters. The number of aromatic nitrogens is 1. The highest BCUT2D eigenvalue weighted by atomic mass is 35.5. The van der Waals surface area contributed by atoms with Gasteiger partial charge in [-0.3, -0.25) is 9.59 Å². The van der Waals surface area contributed by atoms with Gasteiger partial charge < -0.3 is 19.9 Å². The van der Waals surface area contributed by atoms with Gasteiger partial charge in [-0.05, 0) is 55.8 Å². The molecule has 3 aromatic rings. The van der Waals surface area contributed by atoms with Gasteiger partial charge in [-0.2, -0.15) is 0 Å². The molecule has 0 aliphatic rings. The standard InChI is InChI=1S/C22H22ClN3O4/c1-3-14(2)24-22(28)20-12-19(30-26-20)13-29-18-9-7-17(8-10-18)25-21(27)15-5-4-6-16(23)11-15/h4-12,14H,3,13H2,1-2H3,(H,24,28)(H,25,27). The third-order valence-electron chi connectivity index (χ3n) is 4.36. The van der Waals surface area contributed by atoms with Crippen LogP contribution in [0, 0.1) is 0 Å². The van der Waals surface area contributed by atoms with Crippen molar-refractivity contribution in [3.05, 3.63) is 76.6 Å². The molecular weight excluding hydrogens is 406 g/mol. The molecule has 30 heavy (non-hydrogen) atoms. The zero-order chi connectivity index (χ0) is 21.5. The maximum Gasteiger partial charge on any atom is 0.273 e. The average Bonchev–Trinajstić information content (AvgIpc) is 3.22. The molecule has 1 atom stereocenters. The van der Waals surface area contributed by atoms with Gasteiger partial charge in [0.05, 0.1) is 0 Å². The number of nitrogens with zero attached hydrogens (tertiary/aromatic N) is 1. The van der Waals surface area contributed by atoms with Crippen molar-refractivity contribution >= 4 is 29.1 Å². The van der Waals surface area contributed by atoms with E-state index in [0.717, 1.165) is 6.42 Å². The Hall–Kier alpha value is -3.32. The summed E-state index contributed by atoms with van der Waals surface area (Å²) in [6.45, 7) is 4.03. The third kappa shape index (κ3) is 5.84. The number of benzene rings is 2. The lowest BCUT2D eigenvalue weighted by Gasteiger charge is -2.08. The molecule has 0 saturated heterocycles. The SMILES string of the molecule is CCC(C)NC(=O)c1cc(COc2ccc(NC(=O)c3cccc(Cl)c3)cc2)on1. The lowest BCUT2D eigenvalue weighted by atomic mass is 10.2. The number of halogens is 1. The smallest absolute Gasteiger partial charge is 0.273 e. The lowest BCUT2D eigenvalue weighted by molar-refractivity contribution is 0.0929. The predicted molar refractivity (Wildman–Crippen MR) is 114 cm³/mol. The number of carbonyl (C=O) groups is 2. The van der Waals surface area contributed by atoms with E-state index < -0.39 is 0 Å². The fraction of sp³-hybridized carbons (Fsp3) is 0.227. The summed E-state index contributed by atoms with van der Waals surface area (Å²) in [4.78, 5) is 24.3. The normalized spacial score (nSPS) is 11.6. The fourth-order valence-corrected chi connectivity index (χ4v) is 2.70. The molecule has 7 nitrogen and oxygen atoms in total. The summed E-state index contributed by atoms with van der Waals surface area (Å²) in [7, 11) is 0. The van der Waals surface area contributed by atoms with Gasteiger partial charge in [0.2, 0.25) is 0 Å². The maximum atomic E-state index is 12.3. The minimum atomic E-state index is -0.279. The molecule has 0 saturated carbocycles. The number of amides is 2. The number of anilines is 1. The molecule has 8 heteroatoms. The van der Waals surface area contributed by atoms with E-state index in [2.05, 4.69) is 15.8 Å². The Morgan fingerprint density at radius 2 is 1.90 bits per heavy atom. The Kier molecular flexibility index (Phi) is 7.08. The van der Waals surface area contributed by atoms with E-state index in [9.17, 15) is 9.59 Å². The molecule has 2 aromatic carbocycles. The number of hydrogen-bond donors (Lipinski definition) is 2. The van der Waals surface area contributed by atoms with E-state index in [0.29, 0.717) is 27.8 Å². The fourth-order valence-electron chi connectivity index (χ4n) is 2.51. The summed E-state index contributed by atoms with van der Waals surface area (Å²) in [5, 5.41) is 9.89. The Balaban J connectivity index is 1.52. The molecule has 0 aliphatic heterocycles. The second-order valence-corrected chi connectivity index (χ2v) is 7.18. The summed E-state index contributed by atoms with van der Waals surface area (Å²) in [5.74, 6) is 0.482. The van der Waals surface area contributed by atoms with Crippen LogP contribution in [0.1, 0.15) is 46.9 Å². The van der Waals surface area contributed by atoms with Crippen LogP contribution in [-0.4, -0.2) is 23.0 Å². The number of ether oxygens (including phenoxy) is 1. The van der Waals surface area contributed by atoms with E-state index in [4.69, 9.17) is 20.9 Å². The van der Waals surface area contributed by atoms with Crippen molar-refractivity contribution in [1.29, 1.82) is 0 Å². The van der Waals surface area contributed by atoms with E-state index in [1.165, 1.54) is 0 Å². The zero-order valence-corrected chi connectivity index (χ0v) is 17.4. The Morgan fingerprint density at radius 1 is 1.13 bits per heavy atom. The van der Waals surface area contributed by atoms with Crippen molar-refractivity contribution in [3.63, 3.8) is 0 Å². The van der Waals surface area contributed by atoms with E-state index in [1.807, 2.05) is 13.8 Å². The van der Waals surface area contributed by atoms with Crippen LogP contribution in [0.3, 0.4) is 0 Å². The summed E-state index contributed by atoms with van der Waals surface area (Å²) in [6.07, 6.45) is 0.828. The van der Waals surface area contributed by atoms with Gasteiger partial charge in [0.25, 0.3) is 11.8 Å². The van der Waals surface area contributed by atoms with Crippen molar-refractivity contribution in [3.8, 4) is 5.75 Å². The first-order valence-corrected chi connectivity index (χ1v) is 9.88. The summed E-state index contributed by atoms with van der Waals surface area (Å²) in [6, 6.07) is 15.2. The van der Waals surface area contributed by atoms with Crippen LogP contribution in [0.15, 0.2) is 59.1 Å². The molecule has 156 valence electrons. The number of carbonyl (C=O) groups excluding carboxylic acids is 2. The molecule has 1 aromatic heterocycles. The average molecular weight is 428 g/mol. The molecule has 2 amide bonds. The van der Waals surface area contributed by atoms with Gasteiger partial charge in [-0.15, -0.1) is 0 Å². The number of hydrogen-bond acceptors (Lipinski definition) is 5. The first kappa shape index (κ1) is 21.4. The van der Waals surface area contributed by atoms with Gasteiger partial charge in [0.1, 0.15) is 12.4 Å². The van der Waals surface area contributed by atoms with Crippen molar-refractivity contribution in [1.82, 2.24) is 10.5 Å². The van der Waals surface area contributed by atoms with Gasteiger partial charge in [0, 0.05) is 28.4 Å². The van der Waals surface area contributed by atoms with E-state index in [1.54, 1.807) is 54.6 Å². The van der Waals surface area contributed by atoms with Crippen molar-refractivity contribution in [2.75, 3.05) is 5.32 Å². The van der Waals surface area contributed by atoms with Crippen LogP contribution < -0.4 is 15.4 Å². The predicted octanol–water partition coefficient (Wildman–Crippen LogP) is 4.69. The molecule has 2 N–H and O–H groups in total. The first-order valence-electron chi connectivity index (χ1n) is 9.51. The molecular formula is C22H22ClN3O4.